The van der Waals surface area contributed by atoms with Crippen molar-refractivity contribution in [3.8, 4) is 0 Å². The topological polar surface area (TPSA) is 94.3 Å². The molecule has 7 heteroatoms. The summed E-state index contributed by atoms with van der Waals surface area (Å²) in [5.74, 6) is -0.320. The summed E-state index contributed by atoms with van der Waals surface area (Å²) in [7, 11) is 0. The molecular formula is C18H20N4O3. The summed E-state index contributed by atoms with van der Waals surface area (Å²) in [6, 6.07) is 7.38. The van der Waals surface area contributed by atoms with Crippen molar-refractivity contribution < 1.29 is 14.4 Å². The molecule has 130 valence electrons. The fraction of sp³-hybridized carbons (Fsp3) is 0.389. The van der Waals surface area contributed by atoms with Crippen molar-refractivity contribution in [2.45, 2.75) is 44.3 Å². The number of hydrogen-bond donors (Lipinski definition) is 3. The molecule has 7 nitrogen and oxygen atoms in total. The molecule has 1 unspecified atom stereocenters. The number of rotatable bonds is 6. The second kappa shape index (κ2) is 6.23. The maximum atomic E-state index is 12.7. The number of urea groups is 1. The predicted molar refractivity (Wildman–Crippen MR) is 91.6 cm³/mol. The molecule has 25 heavy (non-hydrogen) atoms. The number of benzene rings is 1. The van der Waals surface area contributed by atoms with Gasteiger partial charge in [-0.25, -0.2) is 4.79 Å². The highest BCUT2D eigenvalue weighted by Crippen LogP contribution is 2.30. The molecule has 2 heterocycles. The zero-order valence-corrected chi connectivity index (χ0v) is 13.7. The van der Waals surface area contributed by atoms with Gasteiger partial charge in [0.15, 0.2) is 0 Å². The van der Waals surface area contributed by atoms with E-state index < -0.39 is 12.1 Å². The van der Waals surface area contributed by atoms with E-state index in [2.05, 4.69) is 21.7 Å². The molecule has 4 amide bonds. The average Bonchev–Trinajstić information content (AvgIpc) is 3.23. The zero-order chi connectivity index (χ0) is 17.4. The minimum atomic E-state index is -0.603. The van der Waals surface area contributed by atoms with Gasteiger partial charge >= 0.3 is 6.03 Å². The summed E-state index contributed by atoms with van der Waals surface area (Å²) in [6.45, 7) is 0.577. The van der Waals surface area contributed by atoms with E-state index >= 15 is 0 Å². The molecule has 0 spiro atoms. The van der Waals surface area contributed by atoms with Crippen LogP contribution in [-0.4, -0.2) is 39.8 Å². The largest absolute Gasteiger partial charge is 0.361 e. The van der Waals surface area contributed by atoms with E-state index in [0.29, 0.717) is 19.0 Å². The molecule has 1 aromatic carbocycles. The summed E-state index contributed by atoms with van der Waals surface area (Å²) in [4.78, 5) is 40.5. The molecule has 1 atom stereocenters. The third kappa shape index (κ3) is 3.35. The number of hydrogen-bond acceptors (Lipinski definition) is 3. The van der Waals surface area contributed by atoms with Crippen LogP contribution in [-0.2, 0) is 16.1 Å². The molecule has 2 fully saturated rings. The van der Waals surface area contributed by atoms with E-state index in [4.69, 9.17) is 0 Å². The quantitative estimate of drug-likeness (QED) is 0.698. The molecule has 0 radical (unpaired) electrons. The van der Waals surface area contributed by atoms with E-state index in [1.807, 2.05) is 29.3 Å². The molecular weight excluding hydrogens is 320 g/mol. The van der Waals surface area contributed by atoms with Crippen LogP contribution >= 0.6 is 0 Å². The number of imide groups is 1. The van der Waals surface area contributed by atoms with E-state index in [1.54, 1.807) is 0 Å². The first-order chi connectivity index (χ1) is 12.1. The first kappa shape index (κ1) is 15.7. The van der Waals surface area contributed by atoms with Crippen molar-refractivity contribution in [3.63, 3.8) is 0 Å². The number of aromatic nitrogens is 1. The average molecular weight is 340 g/mol. The molecule has 1 aliphatic carbocycles. The van der Waals surface area contributed by atoms with Crippen LogP contribution in [0.4, 0.5) is 4.79 Å². The lowest BCUT2D eigenvalue weighted by molar-refractivity contribution is -0.132. The number of carbonyl (C=O) groups is 3. The fourth-order valence-corrected chi connectivity index (χ4v) is 3.28. The first-order valence-electron chi connectivity index (χ1n) is 8.57. The molecule has 0 bridgehead atoms. The number of H-pyrrole nitrogens is 1. The van der Waals surface area contributed by atoms with Crippen molar-refractivity contribution in [2.75, 3.05) is 0 Å². The number of amides is 4. The normalized spacial score (nSPS) is 19.8. The second-order valence-electron chi connectivity index (χ2n) is 6.71. The Labute approximate surface area is 144 Å². The van der Waals surface area contributed by atoms with E-state index in [0.717, 1.165) is 29.3 Å². The van der Waals surface area contributed by atoms with Gasteiger partial charge in [0.05, 0.1) is 0 Å². The summed E-state index contributed by atoms with van der Waals surface area (Å²) >= 11 is 0. The summed E-state index contributed by atoms with van der Waals surface area (Å²) in [5.41, 5.74) is 2.18. The van der Waals surface area contributed by atoms with Crippen molar-refractivity contribution >= 4 is 28.7 Å². The highest BCUT2D eigenvalue weighted by Gasteiger charge is 2.34. The summed E-state index contributed by atoms with van der Waals surface area (Å²) in [5, 5.41) is 5.86. The molecule has 4 rings (SSSR count). The van der Waals surface area contributed by atoms with Gasteiger partial charge in [-0.15, -0.1) is 0 Å². The van der Waals surface area contributed by atoms with Gasteiger partial charge in [0.1, 0.15) is 6.04 Å². The third-order valence-electron chi connectivity index (χ3n) is 4.78. The molecule has 3 N–H and O–H groups in total. The fourth-order valence-electron chi connectivity index (χ4n) is 3.28. The Kier molecular flexibility index (Phi) is 3.91. The highest BCUT2D eigenvalue weighted by molar-refractivity contribution is 6.04. The molecule has 1 aliphatic heterocycles. The van der Waals surface area contributed by atoms with Gasteiger partial charge in [0, 0.05) is 30.7 Å². The standard InChI is InChI=1S/C18H20N4O3/c23-16(6-5-15-17(24)21-18(25)20-15)22(13-2-3-13)10-11-1-4-14-12(9-11)7-8-19-14/h1,4,7-9,13,15,19H,2-3,5-6,10H2,(H2,20,21,24,25). The first-order valence-corrected chi connectivity index (χ1v) is 8.57. The molecule has 1 saturated carbocycles. The third-order valence-corrected chi connectivity index (χ3v) is 4.78. The maximum Gasteiger partial charge on any atom is 0.322 e. The van der Waals surface area contributed by atoms with Crippen LogP contribution in [0.2, 0.25) is 0 Å². The summed E-state index contributed by atoms with van der Waals surface area (Å²) < 4.78 is 0. The van der Waals surface area contributed by atoms with Gasteiger partial charge in [-0.2, -0.15) is 0 Å². The van der Waals surface area contributed by atoms with Crippen LogP contribution in [0.3, 0.4) is 0 Å². The summed E-state index contributed by atoms with van der Waals surface area (Å²) in [6.07, 6.45) is 4.54. The lowest BCUT2D eigenvalue weighted by atomic mass is 10.1. The molecule has 2 aliphatic rings. The van der Waals surface area contributed by atoms with Crippen molar-refractivity contribution in [3.05, 3.63) is 36.0 Å². The van der Waals surface area contributed by atoms with Gasteiger partial charge in [0.2, 0.25) is 5.91 Å². The van der Waals surface area contributed by atoms with Crippen LogP contribution in [0.25, 0.3) is 10.9 Å². The maximum absolute atomic E-state index is 12.7. The minimum Gasteiger partial charge on any atom is -0.361 e. The molecule has 1 aromatic heterocycles. The predicted octanol–water partition coefficient (Wildman–Crippen LogP) is 1.65. The van der Waals surface area contributed by atoms with E-state index in [-0.39, 0.29) is 18.2 Å². The Hall–Kier alpha value is -2.83. The van der Waals surface area contributed by atoms with Crippen LogP contribution < -0.4 is 10.6 Å². The highest BCUT2D eigenvalue weighted by atomic mass is 16.2. The Bertz CT molecular complexity index is 840. The van der Waals surface area contributed by atoms with Crippen LogP contribution in [0.15, 0.2) is 30.5 Å². The lowest BCUT2D eigenvalue weighted by Crippen LogP contribution is -2.35. The van der Waals surface area contributed by atoms with Gasteiger partial charge in [0.25, 0.3) is 5.91 Å². The van der Waals surface area contributed by atoms with Crippen molar-refractivity contribution in [2.24, 2.45) is 0 Å². The number of fused-ring (bicyclic) bond motifs is 1. The SMILES string of the molecule is O=C1NC(=O)C(CCC(=O)N(Cc2ccc3[nH]ccc3c2)C2CC2)N1. The lowest BCUT2D eigenvalue weighted by Gasteiger charge is -2.23. The number of carbonyl (C=O) groups excluding carboxylic acids is 3. The van der Waals surface area contributed by atoms with E-state index in [1.165, 1.54) is 0 Å². The number of aromatic amines is 1. The number of nitrogens with zero attached hydrogens (tertiary/aromatic N) is 1. The minimum absolute atomic E-state index is 0.0330. The Morgan fingerprint density at radius 1 is 1.20 bits per heavy atom. The molecule has 1 saturated heterocycles. The molecule has 2 aromatic rings. The van der Waals surface area contributed by atoms with E-state index in [9.17, 15) is 14.4 Å². The van der Waals surface area contributed by atoms with Gasteiger partial charge in [-0.1, -0.05) is 6.07 Å². The monoisotopic (exact) mass is 340 g/mol. The Morgan fingerprint density at radius 3 is 2.76 bits per heavy atom. The van der Waals surface area contributed by atoms with Crippen LogP contribution in [0.5, 0.6) is 0 Å². The van der Waals surface area contributed by atoms with Crippen LogP contribution in [0.1, 0.15) is 31.2 Å². The van der Waals surface area contributed by atoms with Crippen LogP contribution in [0, 0.1) is 0 Å². The van der Waals surface area contributed by atoms with Gasteiger partial charge in [-0.3, -0.25) is 14.9 Å². The van der Waals surface area contributed by atoms with Gasteiger partial charge < -0.3 is 15.2 Å². The smallest absolute Gasteiger partial charge is 0.322 e. The van der Waals surface area contributed by atoms with Gasteiger partial charge in [-0.05, 0) is 48.4 Å². The van der Waals surface area contributed by atoms with Crippen molar-refractivity contribution in [1.29, 1.82) is 0 Å². The van der Waals surface area contributed by atoms with Crippen molar-refractivity contribution in [1.82, 2.24) is 20.5 Å². The Balaban J connectivity index is 1.41. The Morgan fingerprint density at radius 2 is 2.04 bits per heavy atom. The zero-order valence-electron chi connectivity index (χ0n) is 13.7. The number of nitrogens with one attached hydrogen (secondary N) is 3. The second-order valence-corrected chi connectivity index (χ2v) is 6.71.